The maximum Gasteiger partial charge on any atom is 0.191 e. The molecule has 2 N–H and O–H groups in total. The predicted molar refractivity (Wildman–Crippen MR) is 111 cm³/mol. The Morgan fingerprint density at radius 3 is 2.58 bits per heavy atom. The van der Waals surface area contributed by atoms with Gasteiger partial charge in [0.1, 0.15) is 5.01 Å². The van der Waals surface area contributed by atoms with Gasteiger partial charge in [-0.2, -0.15) is 5.10 Å². The Morgan fingerprint density at radius 2 is 2.04 bits per heavy atom. The molecule has 0 amide bonds. The van der Waals surface area contributed by atoms with Crippen molar-refractivity contribution in [2.75, 3.05) is 13.1 Å². The predicted octanol–water partition coefficient (Wildman–Crippen LogP) is 2.72. The third-order valence-corrected chi connectivity index (χ3v) is 4.61. The van der Waals surface area contributed by atoms with Gasteiger partial charge in [-0.15, -0.1) is 35.3 Å². The first-order valence-electron chi connectivity index (χ1n) is 7.93. The molecule has 2 aromatic heterocycles. The lowest BCUT2D eigenvalue weighted by Gasteiger charge is -2.11. The van der Waals surface area contributed by atoms with Crippen LogP contribution >= 0.6 is 35.3 Å². The molecular formula is C16H27IN6S. The van der Waals surface area contributed by atoms with Crippen molar-refractivity contribution in [1.82, 2.24) is 25.4 Å². The zero-order valence-corrected chi connectivity index (χ0v) is 18.2. The van der Waals surface area contributed by atoms with Crippen LogP contribution in [0.25, 0.3) is 0 Å². The van der Waals surface area contributed by atoms with E-state index in [1.165, 1.54) is 16.1 Å². The van der Waals surface area contributed by atoms with Gasteiger partial charge in [0.25, 0.3) is 0 Å². The van der Waals surface area contributed by atoms with Crippen LogP contribution in [0.2, 0.25) is 0 Å². The second kappa shape index (κ2) is 9.97. The standard InChI is InChI=1S/C16H26N6S.HI/c1-6-17-16(20-10-15-19-9-11(2)23-15)18-8-7-14-12(3)21-22(5)13(14)4;/h9H,6-8,10H2,1-5H3,(H2,17,18,20);1H. The number of aromatic nitrogens is 3. The van der Waals surface area contributed by atoms with Crippen molar-refractivity contribution in [2.45, 2.75) is 40.7 Å². The highest BCUT2D eigenvalue weighted by Crippen LogP contribution is 2.12. The van der Waals surface area contributed by atoms with E-state index in [2.05, 4.69) is 53.4 Å². The molecule has 0 saturated carbocycles. The zero-order valence-electron chi connectivity index (χ0n) is 15.0. The minimum Gasteiger partial charge on any atom is -0.357 e. The molecule has 0 saturated heterocycles. The fraction of sp³-hybridized carbons (Fsp3) is 0.562. The monoisotopic (exact) mass is 462 g/mol. The minimum atomic E-state index is 0. The van der Waals surface area contributed by atoms with E-state index >= 15 is 0 Å². The Balaban J connectivity index is 0.00000288. The Bertz CT molecular complexity index is 676. The van der Waals surface area contributed by atoms with Gasteiger partial charge in [-0.1, -0.05) is 0 Å². The maximum atomic E-state index is 4.60. The van der Waals surface area contributed by atoms with Crippen LogP contribution in [0.1, 0.15) is 33.8 Å². The second-order valence-electron chi connectivity index (χ2n) is 5.51. The number of aliphatic imine (C=N–C) groups is 1. The van der Waals surface area contributed by atoms with Gasteiger partial charge in [-0.25, -0.2) is 9.98 Å². The summed E-state index contributed by atoms with van der Waals surface area (Å²) >= 11 is 1.69. The topological polar surface area (TPSA) is 67.1 Å². The number of aryl methyl sites for hydroxylation is 3. The van der Waals surface area contributed by atoms with Crippen LogP contribution < -0.4 is 10.6 Å². The summed E-state index contributed by atoms with van der Waals surface area (Å²) < 4.78 is 1.94. The Kier molecular flexibility index (Phi) is 8.68. The first-order valence-corrected chi connectivity index (χ1v) is 8.75. The van der Waals surface area contributed by atoms with Crippen molar-refractivity contribution in [3.63, 3.8) is 0 Å². The molecule has 0 atom stereocenters. The van der Waals surface area contributed by atoms with E-state index in [9.17, 15) is 0 Å². The van der Waals surface area contributed by atoms with E-state index < -0.39 is 0 Å². The van der Waals surface area contributed by atoms with Gasteiger partial charge >= 0.3 is 0 Å². The van der Waals surface area contributed by atoms with Gasteiger partial charge in [0.2, 0.25) is 0 Å². The molecule has 0 radical (unpaired) electrons. The lowest BCUT2D eigenvalue weighted by Crippen LogP contribution is -2.38. The van der Waals surface area contributed by atoms with Crippen LogP contribution in [0.3, 0.4) is 0 Å². The Morgan fingerprint density at radius 1 is 1.29 bits per heavy atom. The largest absolute Gasteiger partial charge is 0.357 e. The SMILES string of the molecule is CCNC(=NCc1ncc(C)s1)NCCc1c(C)nn(C)c1C.I. The first-order chi connectivity index (χ1) is 11.0. The number of nitrogens with one attached hydrogen (secondary N) is 2. The molecule has 0 unspecified atom stereocenters. The number of hydrogen-bond donors (Lipinski definition) is 2. The third-order valence-electron chi connectivity index (χ3n) is 3.71. The van der Waals surface area contributed by atoms with Crippen molar-refractivity contribution < 1.29 is 0 Å². The Labute approximate surface area is 165 Å². The average Bonchev–Trinajstić information content (AvgIpc) is 3.02. The molecule has 0 aliphatic rings. The molecule has 6 nitrogen and oxygen atoms in total. The summed E-state index contributed by atoms with van der Waals surface area (Å²) in [5, 5.41) is 12.2. The molecule has 0 fully saturated rings. The number of nitrogens with zero attached hydrogens (tertiary/aromatic N) is 4. The lowest BCUT2D eigenvalue weighted by molar-refractivity contribution is 0.729. The van der Waals surface area contributed by atoms with Crippen molar-refractivity contribution in [1.29, 1.82) is 0 Å². The molecule has 0 aliphatic heterocycles. The summed E-state index contributed by atoms with van der Waals surface area (Å²) in [5.41, 5.74) is 3.64. The van der Waals surface area contributed by atoms with Gasteiger partial charge in [-0.3, -0.25) is 4.68 Å². The molecule has 0 aliphatic carbocycles. The summed E-state index contributed by atoms with van der Waals surface area (Å²) in [4.78, 5) is 10.2. The fourth-order valence-electron chi connectivity index (χ4n) is 2.45. The average molecular weight is 462 g/mol. The Hall–Kier alpha value is -1.16. The molecule has 2 heterocycles. The zero-order chi connectivity index (χ0) is 16.8. The van der Waals surface area contributed by atoms with Crippen LogP contribution in [0.15, 0.2) is 11.2 Å². The van der Waals surface area contributed by atoms with Gasteiger partial charge in [0.15, 0.2) is 5.96 Å². The first kappa shape index (κ1) is 20.9. The smallest absolute Gasteiger partial charge is 0.191 e. The lowest BCUT2D eigenvalue weighted by atomic mass is 10.1. The summed E-state index contributed by atoms with van der Waals surface area (Å²) in [6.07, 6.45) is 2.83. The molecule has 8 heteroatoms. The highest BCUT2D eigenvalue weighted by Gasteiger charge is 2.09. The number of rotatable bonds is 6. The van der Waals surface area contributed by atoms with E-state index in [4.69, 9.17) is 0 Å². The van der Waals surface area contributed by atoms with Crippen LogP contribution in [0.4, 0.5) is 0 Å². The van der Waals surface area contributed by atoms with E-state index in [0.717, 1.165) is 36.2 Å². The van der Waals surface area contributed by atoms with Gasteiger partial charge < -0.3 is 10.6 Å². The molecule has 24 heavy (non-hydrogen) atoms. The quantitative estimate of drug-likeness (QED) is 0.394. The highest BCUT2D eigenvalue weighted by atomic mass is 127. The summed E-state index contributed by atoms with van der Waals surface area (Å²) in [6.45, 7) is 10.6. The molecule has 134 valence electrons. The van der Waals surface area contributed by atoms with E-state index in [1.54, 1.807) is 11.3 Å². The maximum absolute atomic E-state index is 4.60. The molecule has 0 spiro atoms. The van der Waals surface area contributed by atoms with Gasteiger partial charge in [0.05, 0.1) is 12.2 Å². The summed E-state index contributed by atoms with van der Waals surface area (Å²) in [6, 6.07) is 0. The normalized spacial score (nSPS) is 11.3. The minimum absolute atomic E-state index is 0. The molecular weight excluding hydrogens is 435 g/mol. The summed E-state index contributed by atoms with van der Waals surface area (Å²) in [5.74, 6) is 0.833. The van der Waals surface area contributed by atoms with Crippen molar-refractivity contribution in [3.8, 4) is 0 Å². The van der Waals surface area contributed by atoms with Crippen molar-refractivity contribution in [2.24, 2.45) is 12.0 Å². The van der Waals surface area contributed by atoms with E-state index in [0.29, 0.717) is 6.54 Å². The molecule has 0 aromatic carbocycles. The van der Waals surface area contributed by atoms with Crippen molar-refractivity contribution in [3.05, 3.63) is 33.0 Å². The van der Waals surface area contributed by atoms with Crippen LogP contribution in [-0.4, -0.2) is 33.8 Å². The summed E-state index contributed by atoms with van der Waals surface area (Å²) in [7, 11) is 1.99. The van der Waals surface area contributed by atoms with Gasteiger partial charge in [0, 0.05) is 36.9 Å². The fourth-order valence-corrected chi connectivity index (χ4v) is 3.16. The van der Waals surface area contributed by atoms with Crippen LogP contribution in [0, 0.1) is 20.8 Å². The molecule has 0 bridgehead atoms. The van der Waals surface area contributed by atoms with Crippen LogP contribution in [-0.2, 0) is 20.0 Å². The molecule has 2 aromatic rings. The van der Waals surface area contributed by atoms with E-state index in [1.807, 2.05) is 17.9 Å². The second-order valence-corrected chi connectivity index (χ2v) is 6.83. The highest BCUT2D eigenvalue weighted by molar-refractivity contribution is 14.0. The number of hydrogen-bond acceptors (Lipinski definition) is 4. The van der Waals surface area contributed by atoms with Crippen molar-refractivity contribution >= 4 is 41.3 Å². The number of halogens is 1. The third kappa shape index (κ3) is 5.73. The number of guanidine groups is 1. The van der Waals surface area contributed by atoms with Gasteiger partial charge in [-0.05, 0) is 39.7 Å². The number of thiazole rings is 1. The van der Waals surface area contributed by atoms with Crippen LogP contribution in [0.5, 0.6) is 0 Å². The molecule has 2 rings (SSSR count). The van der Waals surface area contributed by atoms with E-state index in [-0.39, 0.29) is 24.0 Å².